The second-order valence-electron chi connectivity index (χ2n) is 8.79. The molecule has 0 aliphatic heterocycles. The van der Waals surface area contributed by atoms with Gasteiger partial charge in [-0.25, -0.2) is 0 Å². The Kier molecular flexibility index (Phi) is 6.38. The van der Waals surface area contributed by atoms with Crippen LogP contribution in [0.4, 0.5) is 0 Å². The Hall–Kier alpha value is -2.26. The highest BCUT2D eigenvalue weighted by atomic mass is 28.4. The van der Waals surface area contributed by atoms with E-state index in [1.165, 1.54) is 0 Å². The summed E-state index contributed by atoms with van der Waals surface area (Å²) in [6.07, 6.45) is 0. The molecule has 2 nitrogen and oxygen atoms in total. The molecule has 0 amide bonds. The minimum atomic E-state index is -2.08. The van der Waals surface area contributed by atoms with Crippen molar-refractivity contribution in [3.63, 3.8) is 0 Å². The molecule has 0 saturated carbocycles. The second-order valence-corrected chi connectivity index (χ2v) is 14.2. The number of hydrogen-bond donors (Lipinski definition) is 0. The van der Waals surface area contributed by atoms with Crippen molar-refractivity contribution >= 4 is 19.1 Å². The van der Waals surface area contributed by atoms with E-state index in [2.05, 4.69) is 96.1 Å². The van der Waals surface area contributed by atoms with Crippen molar-refractivity contribution in [2.75, 3.05) is 7.11 Å². The molecule has 3 aromatic carbocycles. The molecule has 3 heteroatoms. The number of benzene rings is 3. The van der Waals surface area contributed by atoms with Gasteiger partial charge in [-0.2, -0.15) is 0 Å². The van der Waals surface area contributed by atoms with Crippen molar-refractivity contribution in [2.24, 2.45) is 0 Å². The zero-order chi connectivity index (χ0) is 21.2. The highest BCUT2D eigenvalue weighted by Crippen LogP contribution is 2.47. The molecule has 154 valence electrons. The van der Waals surface area contributed by atoms with Crippen LogP contribution in [0.3, 0.4) is 0 Å². The van der Waals surface area contributed by atoms with E-state index in [0.29, 0.717) is 16.6 Å². The van der Waals surface area contributed by atoms with Gasteiger partial charge in [-0.1, -0.05) is 96.1 Å². The van der Waals surface area contributed by atoms with Gasteiger partial charge in [0.15, 0.2) is 0 Å². The van der Waals surface area contributed by atoms with Gasteiger partial charge in [-0.3, -0.25) is 0 Å². The monoisotopic (exact) mass is 406 g/mol. The van der Waals surface area contributed by atoms with Gasteiger partial charge in [0, 0.05) is 16.3 Å². The molecule has 29 heavy (non-hydrogen) atoms. The molecule has 0 heterocycles. The highest BCUT2D eigenvalue weighted by Gasteiger charge is 2.47. The minimum Gasteiger partial charge on any atom is -0.542 e. The first kappa shape index (κ1) is 21.4. The van der Waals surface area contributed by atoms with Crippen LogP contribution in [-0.4, -0.2) is 15.4 Å². The fraction of sp³-hybridized carbons (Fsp3) is 0.385. The van der Waals surface area contributed by atoms with Crippen LogP contribution in [0.25, 0.3) is 21.9 Å². The average Bonchev–Trinajstić information content (AvgIpc) is 2.71. The van der Waals surface area contributed by atoms with Gasteiger partial charge in [-0.05, 0) is 28.3 Å². The Morgan fingerprint density at radius 3 is 1.72 bits per heavy atom. The van der Waals surface area contributed by atoms with E-state index >= 15 is 0 Å². The summed E-state index contributed by atoms with van der Waals surface area (Å²) in [5.41, 5.74) is 3.78. The minimum absolute atomic E-state index is 0.517. The molecule has 0 spiro atoms. The second kappa shape index (κ2) is 8.62. The Labute approximate surface area is 177 Å². The summed E-state index contributed by atoms with van der Waals surface area (Å²) in [6.45, 7) is 14.0. The van der Waals surface area contributed by atoms with E-state index in [4.69, 9.17) is 9.16 Å². The number of ether oxygens (including phenoxy) is 1. The zero-order valence-electron chi connectivity index (χ0n) is 18.8. The predicted octanol–water partition coefficient (Wildman–Crippen LogP) is 8.07. The fourth-order valence-corrected chi connectivity index (χ4v) is 10.3. The lowest BCUT2D eigenvalue weighted by Crippen LogP contribution is -2.50. The SMILES string of the molecule is COc1c(-c2ccccc2)cc(O[Si](C(C)C)(C(C)C)C(C)C)c2ccccc12. The lowest BCUT2D eigenvalue weighted by Gasteiger charge is -2.42. The van der Waals surface area contributed by atoms with Gasteiger partial charge in [0.25, 0.3) is 8.32 Å². The Morgan fingerprint density at radius 2 is 1.21 bits per heavy atom. The summed E-state index contributed by atoms with van der Waals surface area (Å²) < 4.78 is 13.0. The molecule has 3 aromatic rings. The van der Waals surface area contributed by atoms with Crippen molar-refractivity contribution in [1.29, 1.82) is 0 Å². The Bertz CT molecular complexity index is 939. The van der Waals surface area contributed by atoms with Crippen LogP contribution in [-0.2, 0) is 0 Å². The maximum Gasteiger partial charge on any atom is 0.258 e. The summed E-state index contributed by atoms with van der Waals surface area (Å²) in [5, 5.41) is 2.23. The summed E-state index contributed by atoms with van der Waals surface area (Å²) in [5.74, 6) is 1.90. The van der Waals surface area contributed by atoms with Gasteiger partial charge in [0.1, 0.15) is 11.5 Å². The largest absolute Gasteiger partial charge is 0.542 e. The predicted molar refractivity (Wildman–Crippen MR) is 128 cm³/mol. The molecule has 0 fully saturated rings. The lowest BCUT2D eigenvalue weighted by atomic mass is 9.99. The van der Waals surface area contributed by atoms with E-state index < -0.39 is 8.32 Å². The molecule has 0 bridgehead atoms. The first-order chi connectivity index (χ1) is 13.8. The van der Waals surface area contributed by atoms with Crippen LogP contribution in [0.2, 0.25) is 16.6 Å². The first-order valence-electron chi connectivity index (χ1n) is 10.7. The van der Waals surface area contributed by atoms with Gasteiger partial charge in [0.05, 0.1) is 7.11 Å². The average molecular weight is 407 g/mol. The van der Waals surface area contributed by atoms with E-state index in [0.717, 1.165) is 33.4 Å². The van der Waals surface area contributed by atoms with E-state index in [1.54, 1.807) is 7.11 Å². The maximum atomic E-state index is 7.14. The van der Waals surface area contributed by atoms with Crippen LogP contribution in [0.15, 0.2) is 60.7 Å². The van der Waals surface area contributed by atoms with Crippen molar-refractivity contribution in [3.8, 4) is 22.6 Å². The number of methoxy groups -OCH3 is 1. The maximum absolute atomic E-state index is 7.14. The number of rotatable bonds is 7. The van der Waals surface area contributed by atoms with Gasteiger partial charge < -0.3 is 9.16 Å². The van der Waals surface area contributed by atoms with Crippen molar-refractivity contribution in [2.45, 2.75) is 58.2 Å². The van der Waals surface area contributed by atoms with Crippen LogP contribution >= 0.6 is 0 Å². The van der Waals surface area contributed by atoms with E-state index in [-0.39, 0.29) is 0 Å². The normalized spacial score (nSPS) is 12.2. The van der Waals surface area contributed by atoms with E-state index in [1.807, 2.05) is 6.07 Å². The smallest absolute Gasteiger partial charge is 0.258 e. The zero-order valence-corrected chi connectivity index (χ0v) is 19.8. The molecule has 0 aliphatic rings. The molecule has 0 saturated heterocycles. The summed E-state index contributed by atoms with van der Waals surface area (Å²) in [6, 6.07) is 21.1. The molecular formula is C26H34O2Si. The number of fused-ring (bicyclic) bond motifs is 1. The number of hydrogen-bond acceptors (Lipinski definition) is 2. The topological polar surface area (TPSA) is 18.5 Å². The third-order valence-electron chi connectivity index (χ3n) is 6.24. The molecule has 3 rings (SSSR count). The Morgan fingerprint density at radius 1 is 0.690 bits per heavy atom. The van der Waals surface area contributed by atoms with Gasteiger partial charge in [0.2, 0.25) is 0 Å². The van der Waals surface area contributed by atoms with Crippen LogP contribution in [0, 0.1) is 0 Å². The molecule has 0 unspecified atom stereocenters. The fourth-order valence-electron chi connectivity index (χ4n) is 5.00. The molecule has 0 N–H and O–H groups in total. The van der Waals surface area contributed by atoms with Crippen molar-refractivity contribution in [3.05, 3.63) is 60.7 Å². The third kappa shape index (κ3) is 3.80. The molecule has 0 atom stereocenters. The van der Waals surface area contributed by atoms with Crippen LogP contribution < -0.4 is 9.16 Å². The van der Waals surface area contributed by atoms with Gasteiger partial charge >= 0.3 is 0 Å². The highest BCUT2D eigenvalue weighted by molar-refractivity contribution is 6.78. The molecule has 0 aliphatic carbocycles. The van der Waals surface area contributed by atoms with Crippen molar-refractivity contribution in [1.82, 2.24) is 0 Å². The lowest BCUT2D eigenvalue weighted by molar-refractivity contribution is 0.420. The molecule has 0 aromatic heterocycles. The van der Waals surface area contributed by atoms with E-state index in [9.17, 15) is 0 Å². The summed E-state index contributed by atoms with van der Waals surface area (Å²) >= 11 is 0. The Balaban J connectivity index is 2.30. The quantitative estimate of drug-likeness (QED) is 0.369. The standard InChI is InChI=1S/C26H34O2Si/c1-18(2)29(19(3)4,20(5)6)28-25-17-24(21-13-9-8-10-14-21)26(27-7)23-16-12-11-15-22(23)25/h8-20H,1-7H3. The van der Waals surface area contributed by atoms with Crippen LogP contribution in [0.1, 0.15) is 41.5 Å². The van der Waals surface area contributed by atoms with Gasteiger partial charge in [-0.15, -0.1) is 0 Å². The summed E-state index contributed by atoms with van der Waals surface area (Å²) in [4.78, 5) is 0. The van der Waals surface area contributed by atoms with Crippen molar-refractivity contribution < 1.29 is 9.16 Å². The summed E-state index contributed by atoms with van der Waals surface area (Å²) in [7, 11) is -0.324. The first-order valence-corrected chi connectivity index (χ1v) is 12.8. The molecular weight excluding hydrogens is 372 g/mol. The molecule has 0 radical (unpaired) electrons. The third-order valence-corrected chi connectivity index (χ3v) is 12.2. The van der Waals surface area contributed by atoms with Crippen LogP contribution in [0.5, 0.6) is 11.5 Å².